The minimum atomic E-state index is -0.240. The lowest BCUT2D eigenvalue weighted by Crippen LogP contribution is -2.24. The molecular formula is C24H22N2O. The molecule has 0 aromatic heterocycles. The van der Waals surface area contributed by atoms with E-state index < -0.39 is 0 Å². The lowest BCUT2D eigenvalue weighted by atomic mass is 9.84. The quantitative estimate of drug-likeness (QED) is 0.546. The van der Waals surface area contributed by atoms with E-state index in [0.29, 0.717) is 5.57 Å². The van der Waals surface area contributed by atoms with E-state index in [-0.39, 0.29) is 11.3 Å². The third-order valence-corrected chi connectivity index (χ3v) is 4.71. The first-order chi connectivity index (χ1) is 12.9. The van der Waals surface area contributed by atoms with Gasteiger partial charge in [-0.3, -0.25) is 4.79 Å². The fraction of sp³-hybridized carbons (Fsp3) is 0.167. The Morgan fingerprint density at radius 2 is 1.52 bits per heavy atom. The van der Waals surface area contributed by atoms with Crippen LogP contribution in [0.2, 0.25) is 0 Å². The van der Waals surface area contributed by atoms with E-state index in [1.54, 1.807) is 0 Å². The number of carbonyl (C=O) groups is 1. The molecule has 0 N–H and O–H groups in total. The number of anilines is 1. The summed E-state index contributed by atoms with van der Waals surface area (Å²) in [5, 5.41) is 8.50. The van der Waals surface area contributed by atoms with E-state index >= 15 is 0 Å². The van der Waals surface area contributed by atoms with Crippen molar-refractivity contribution in [3.63, 3.8) is 0 Å². The van der Waals surface area contributed by atoms with Gasteiger partial charge in [0.05, 0.1) is 17.0 Å². The molecule has 0 fully saturated rings. The van der Waals surface area contributed by atoms with Gasteiger partial charge in [-0.2, -0.15) is 10.1 Å². The fourth-order valence-corrected chi connectivity index (χ4v) is 3.37. The van der Waals surface area contributed by atoms with Gasteiger partial charge in [0.2, 0.25) is 0 Å². The summed E-state index contributed by atoms with van der Waals surface area (Å²) in [6.07, 6.45) is 1.98. The molecular weight excluding hydrogens is 332 g/mol. The van der Waals surface area contributed by atoms with Crippen molar-refractivity contribution in [2.75, 3.05) is 5.01 Å². The van der Waals surface area contributed by atoms with Crippen LogP contribution in [0.5, 0.6) is 0 Å². The van der Waals surface area contributed by atoms with Gasteiger partial charge in [0.15, 0.2) is 0 Å². The van der Waals surface area contributed by atoms with E-state index in [9.17, 15) is 4.79 Å². The Labute approximate surface area is 159 Å². The Kier molecular flexibility index (Phi) is 4.15. The number of hydrogen-bond donors (Lipinski definition) is 0. The Hall–Kier alpha value is -3.20. The smallest absolute Gasteiger partial charge is 0.267 e. The molecule has 4 rings (SSSR count). The second-order valence-corrected chi connectivity index (χ2v) is 7.78. The van der Waals surface area contributed by atoms with Crippen LogP contribution in [0.1, 0.15) is 26.3 Å². The van der Waals surface area contributed by atoms with Crippen LogP contribution in [-0.4, -0.2) is 11.6 Å². The lowest BCUT2D eigenvalue weighted by molar-refractivity contribution is -0.114. The second-order valence-electron chi connectivity index (χ2n) is 7.78. The predicted molar refractivity (Wildman–Crippen MR) is 113 cm³/mol. The highest BCUT2D eigenvalue weighted by molar-refractivity contribution is 6.34. The maximum atomic E-state index is 13.2. The first-order valence-electron chi connectivity index (χ1n) is 9.13. The van der Waals surface area contributed by atoms with Crippen molar-refractivity contribution in [2.24, 2.45) is 10.5 Å². The van der Waals surface area contributed by atoms with E-state index in [4.69, 9.17) is 5.10 Å². The van der Waals surface area contributed by atoms with Crippen molar-refractivity contribution in [1.29, 1.82) is 0 Å². The Balaban J connectivity index is 1.87. The van der Waals surface area contributed by atoms with E-state index in [1.165, 1.54) is 5.01 Å². The summed E-state index contributed by atoms with van der Waals surface area (Å²) in [6.45, 7) is 6.26. The number of nitrogens with zero attached hydrogens (tertiary/aromatic N) is 2. The van der Waals surface area contributed by atoms with Crippen LogP contribution in [0.4, 0.5) is 5.69 Å². The first-order valence-corrected chi connectivity index (χ1v) is 9.13. The monoisotopic (exact) mass is 354 g/mol. The molecule has 0 unspecified atom stereocenters. The maximum absolute atomic E-state index is 13.2. The number of amides is 1. The van der Waals surface area contributed by atoms with Gasteiger partial charge >= 0.3 is 0 Å². The second kappa shape index (κ2) is 6.51. The zero-order valence-corrected chi connectivity index (χ0v) is 15.8. The molecule has 3 heteroatoms. The minimum absolute atomic E-state index is 0.0842. The summed E-state index contributed by atoms with van der Waals surface area (Å²) in [5.41, 5.74) is 3.04. The molecule has 3 nitrogen and oxygen atoms in total. The summed E-state index contributed by atoms with van der Waals surface area (Å²) in [6, 6.07) is 24.0. The maximum Gasteiger partial charge on any atom is 0.280 e. The minimum Gasteiger partial charge on any atom is -0.267 e. The number of hydrazone groups is 1. The van der Waals surface area contributed by atoms with Crippen LogP contribution in [0.25, 0.3) is 16.8 Å². The topological polar surface area (TPSA) is 32.7 Å². The fourth-order valence-electron chi connectivity index (χ4n) is 3.37. The number of rotatable bonds is 2. The van der Waals surface area contributed by atoms with Gasteiger partial charge in [0, 0.05) is 5.41 Å². The van der Waals surface area contributed by atoms with Gasteiger partial charge in [0.25, 0.3) is 5.91 Å². The van der Waals surface area contributed by atoms with Crippen LogP contribution in [-0.2, 0) is 4.79 Å². The van der Waals surface area contributed by atoms with Gasteiger partial charge in [0.1, 0.15) is 0 Å². The molecule has 3 aromatic carbocycles. The average Bonchev–Trinajstić information content (AvgIpc) is 3.00. The predicted octanol–water partition coefficient (Wildman–Crippen LogP) is 5.67. The molecule has 0 saturated heterocycles. The largest absolute Gasteiger partial charge is 0.280 e. The normalized spacial score (nSPS) is 16.3. The van der Waals surface area contributed by atoms with Gasteiger partial charge in [-0.05, 0) is 34.5 Å². The molecule has 27 heavy (non-hydrogen) atoms. The molecule has 0 radical (unpaired) electrons. The zero-order chi connectivity index (χ0) is 19.0. The summed E-state index contributed by atoms with van der Waals surface area (Å²) >= 11 is 0. The SMILES string of the molecule is CC(C)(C)C1=NN(c2ccccc2)C(=O)/C1=C\c1cccc2ccccc12. The summed E-state index contributed by atoms with van der Waals surface area (Å²) in [5.74, 6) is -0.0842. The molecule has 1 heterocycles. The third-order valence-electron chi connectivity index (χ3n) is 4.71. The summed E-state index contributed by atoms with van der Waals surface area (Å²) in [4.78, 5) is 13.2. The van der Waals surface area contributed by atoms with Gasteiger partial charge in [-0.25, -0.2) is 0 Å². The van der Waals surface area contributed by atoms with E-state index in [1.807, 2.05) is 60.7 Å². The van der Waals surface area contributed by atoms with Crippen LogP contribution in [0, 0.1) is 5.41 Å². The highest BCUT2D eigenvalue weighted by Gasteiger charge is 2.37. The zero-order valence-electron chi connectivity index (χ0n) is 15.8. The number of hydrogen-bond acceptors (Lipinski definition) is 2. The van der Waals surface area contributed by atoms with Crippen molar-refractivity contribution >= 4 is 34.2 Å². The molecule has 1 aliphatic rings. The number of benzene rings is 3. The molecule has 0 aliphatic carbocycles. The van der Waals surface area contributed by atoms with E-state index in [2.05, 4.69) is 39.0 Å². The van der Waals surface area contributed by atoms with Gasteiger partial charge in [-0.1, -0.05) is 81.4 Å². The summed E-state index contributed by atoms with van der Waals surface area (Å²) in [7, 11) is 0. The highest BCUT2D eigenvalue weighted by atomic mass is 16.2. The van der Waals surface area contributed by atoms with Crippen LogP contribution in [0.15, 0.2) is 83.5 Å². The number of para-hydroxylation sites is 1. The van der Waals surface area contributed by atoms with E-state index in [0.717, 1.165) is 27.7 Å². The number of carbonyl (C=O) groups excluding carboxylic acids is 1. The van der Waals surface area contributed by atoms with Crippen molar-refractivity contribution in [3.8, 4) is 0 Å². The molecule has 1 amide bonds. The first kappa shape index (κ1) is 17.2. The molecule has 1 aliphatic heterocycles. The Morgan fingerprint density at radius 1 is 0.852 bits per heavy atom. The molecule has 0 atom stereocenters. The van der Waals surface area contributed by atoms with Crippen molar-refractivity contribution in [1.82, 2.24) is 0 Å². The molecule has 0 saturated carbocycles. The Morgan fingerprint density at radius 3 is 2.26 bits per heavy atom. The highest BCUT2D eigenvalue weighted by Crippen LogP contribution is 2.33. The van der Waals surface area contributed by atoms with Gasteiger partial charge < -0.3 is 0 Å². The third kappa shape index (κ3) is 3.17. The standard InChI is InChI=1S/C24H22N2O/c1-24(2,3)22-21(23(27)26(25-22)19-13-5-4-6-14-19)16-18-12-9-11-17-10-7-8-15-20(17)18/h4-16H,1-3H3/b21-16-. The van der Waals surface area contributed by atoms with Gasteiger partial charge in [-0.15, -0.1) is 0 Å². The van der Waals surface area contributed by atoms with Crippen molar-refractivity contribution < 1.29 is 4.79 Å². The van der Waals surface area contributed by atoms with Crippen LogP contribution in [0.3, 0.4) is 0 Å². The molecule has 0 spiro atoms. The molecule has 3 aromatic rings. The Bertz CT molecular complexity index is 1070. The van der Waals surface area contributed by atoms with Crippen LogP contribution < -0.4 is 5.01 Å². The molecule has 0 bridgehead atoms. The van der Waals surface area contributed by atoms with Crippen molar-refractivity contribution in [3.05, 3.63) is 83.9 Å². The average molecular weight is 354 g/mol. The van der Waals surface area contributed by atoms with Crippen LogP contribution >= 0.6 is 0 Å². The molecule has 134 valence electrons. The van der Waals surface area contributed by atoms with Crippen molar-refractivity contribution in [2.45, 2.75) is 20.8 Å². The lowest BCUT2D eigenvalue weighted by Gasteiger charge is -2.18. The summed E-state index contributed by atoms with van der Waals surface area (Å²) < 4.78 is 0. The number of fused-ring (bicyclic) bond motifs is 1.